The Morgan fingerprint density at radius 1 is 1.09 bits per heavy atom. The molecule has 4 nitrogen and oxygen atoms in total. The molecule has 0 spiro atoms. The summed E-state index contributed by atoms with van der Waals surface area (Å²) in [5.74, 6) is -0.787. The number of carbonyl (C=O) groups excluding carboxylic acids is 2. The number of carbonyl (C=O) groups is 2. The summed E-state index contributed by atoms with van der Waals surface area (Å²) in [6, 6.07) is 16.6. The van der Waals surface area contributed by atoms with Gasteiger partial charge < -0.3 is 10.1 Å². The van der Waals surface area contributed by atoms with E-state index in [0.29, 0.717) is 10.7 Å². The lowest BCUT2D eigenvalue weighted by Gasteiger charge is -2.12. The molecule has 5 heteroatoms. The quantitative estimate of drug-likeness (QED) is 0.813. The molecule has 0 aliphatic carbocycles. The van der Waals surface area contributed by atoms with E-state index in [4.69, 9.17) is 16.3 Å². The van der Waals surface area contributed by atoms with Crippen molar-refractivity contribution >= 4 is 29.2 Å². The highest BCUT2D eigenvalue weighted by Gasteiger charge is 2.14. The molecule has 2 aromatic carbocycles. The number of para-hydroxylation sites is 1. The van der Waals surface area contributed by atoms with Crippen LogP contribution in [0.25, 0.3) is 0 Å². The number of rotatable bonds is 6. The van der Waals surface area contributed by atoms with Gasteiger partial charge in [-0.2, -0.15) is 0 Å². The Hall–Kier alpha value is -2.33. The smallest absolute Gasteiger partial charge is 0.306 e. The van der Waals surface area contributed by atoms with Gasteiger partial charge in [0.05, 0.1) is 17.1 Å². The van der Waals surface area contributed by atoms with Crippen molar-refractivity contribution in [3.05, 3.63) is 65.2 Å². The van der Waals surface area contributed by atoms with E-state index in [1.807, 2.05) is 37.3 Å². The summed E-state index contributed by atoms with van der Waals surface area (Å²) < 4.78 is 5.01. The summed E-state index contributed by atoms with van der Waals surface area (Å²) in [6.07, 6.45) is 0.226. The topological polar surface area (TPSA) is 55.4 Å². The molecule has 1 N–H and O–H groups in total. The predicted octanol–water partition coefficient (Wildman–Crippen LogP) is 4.02. The van der Waals surface area contributed by atoms with E-state index >= 15 is 0 Å². The van der Waals surface area contributed by atoms with Crippen LogP contribution in [0.3, 0.4) is 0 Å². The molecule has 1 atom stereocenters. The summed E-state index contributed by atoms with van der Waals surface area (Å²) >= 11 is 5.95. The number of amides is 1. The van der Waals surface area contributed by atoms with Crippen LogP contribution in [0.4, 0.5) is 5.69 Å². The standard InChI is InChI=1S/C18H18ClNO3/c1-13(14-7-3-2-4-8-14)11-18(22)23-12-17(21)20-16-10-6-5-9-15(16)19/h2-10,13H,11-12H2,1H3,(H,20,21). The Kier molecular flexibility index (Phi) is 6.18. The maximum atomic E-state index is 11.8. The van der Waals surface area contributed by atoms with E-state index in [0.717, 1.165) is 5.56 Å². The van der Waals surface area contributed by atoms with Crippen molar-refractivity contribution in [2.24, 2.45) is 0 Å². The van der Waals surface area contributed by atoms with Gasteiger partial charge in [-0.25, -0.2) is 0 Å². The second-order valence-electron chi connectivity index (χ2n) is 5.20. The summed E-state index contributed by atoms with van der Waals surface area (Å²) in [4.78, 5) is 23.6. The number of halogens is 1. The van der Waals surface area contributed by atoms with Crippen LogP contribution in [0.5, 0.6) is 0 Å². The Labute approximate surface area is 140 Å². The number of nitrogens with one attached hydrogen (secondary N) is 1. The average Bonchev–Trinajstić information content (AvgIpc) is 2.56. The molecule has 0 heterocycles. The first kappa shape index (κ1) is 17.0. The number of benzene rings is 2. The molecule has 0 aromatic heterocycles. The van der Waals surface area contributed by atoms with Crippen LogP contribution < -0.4 is 5.32 Å². The minimum Gasteiger partial charge on any atom is -0.456 e. The lowest BCUT2D eigenvalue weighted by molar-refractivity contribution is -0.147. The van der Waals surface area contributed by atoms with E-state index in [1.54, 1.807) is 24.3 Å². The van der Waals surface area contributed by atoms with Crippen LogP contribution in [0.1, 0.15) is 24.8 Å². The number of hydrogen-bond donors (Lipinski definition) is 1. The normalized spacial score (nSPS) is 11.6. The highest BCUT2D eigenvalue weighted by Crippen LogP contribution is 2.21. The second kappa shape index (κ2) is 8.34. The van der Waals surface area contributed by atoms with E-state index in [-0.39, 0.29) is 18.9 Å². The summed E-state index contributed by atoms with van der Waals surface area (Å²) in [5, 5.41) is 3.04. The van der Waals surface area contributed by atoms with Crippen molar-refractivity contribution in [1.29, 1.82) is 0 Å². The number of anilines is 1. The van der Waals surface area contributed by atoms with Gasteiger partial charge in [-0.1, -0.05) is 61.0 Å². The van der Waals surface area contributed by atoms with Gasteiger partial charge in [0.2, 0.25) is 0 Å². The molecule has 23 heavy (non-hydrogen) atoms. The molecule has 120 valence electrons. The molecule has 0 aliphatic rings. The zero-order chi connectivity index (χ0) is 16.7. The Balaban J connectivity index is 1.78. The SMILES string of the molecule is CC(CC(=O)OCC(=O)Nc1ccccc1Cl)c1ccccc1. The second-order valence-corrected chi connectivity index (χ2v) is 5.61. The summed E-state index contributed by atoms with van der Waals surface area (Å²) in [6.45, 7) is 1.62. The highest BCUT2D eigenvalue weighted by molar-refractivity contribution is 6.33. The van der Waals surface area contributed by atoms with Crippen molar-refractivity contribution in [2.45, 2.75) is 19.3 Å². The summed E-state index contributed by atoms with van der Waals surface area (Å²) in [5.41, 5.74) is 1.55. The molecular weight excluding hydrogens is 314 g/mol. The molecule has 0 bridgehead atoms. The monoisotopic (exact) mass is 331 g/mol. The fourth-order valence-corrected chi connectivity index (χ4v) is 2.29. The minimum absolute atomic E-state index is 0.0373. The molecule has 1 unspecified atom stereocenters. The molecule has 0 saturated carbocycles. The first-order chi connectivity index (χ1) is 11.1. The van der Waals surface area contributed by atoms with E-state index < -0.39 is 11.9 Å². The molecule has 0 radical (unpaired) electrons. The number of ether oxygens (including phenoxy) is 1. The van der Waals surface area contributed by atoms with Crippen molar-refractivity contribution < 1.29 is 14.3 Å². The predicted molar refractivity (Wildman–Crippen MR) is 90.5 cm³/mol. The largest absolute Gasteiger partial charge is 0.456 e. The van der Waals surface area contributed by atoms with Gasteiger partial charge in [0, 0.05) is 0 Å². The van der Waals surface area contributed by atoms with Gasteiger partial charge in [0.25, 0.3) is 5.91 Å². The van der Waals surface area contributed by atoms with Crippen molar-refractivity contribution in [3.63, 3.8) is 0 Å². The lowest BCUT2D eigenvalue weighted by Crippen LogP contribution is -2.21. The molecule has 1 amide bonds. The van der Waals surface area contributed by atoms with E-state index in [2.05, 4.69) is 5.32 Å². The third-order valence-electron chi connectivity index (χ3n) is 3.35. The number of esters is 1. The van der Waals surface area contributed by atoms with E-state index in [1.165, 1.54) is 0 Å². The van der Waals surface area contributed by atoms with Crippen molar-refractivity contribution in [1.82, 2.24) is 0 Å². The molecule has 0 aliphatic heterocycles. The maximum Gasteiger partial charge on any atom is 0.306 e. The van der Waals surface area contributed by atoms with Gasteiger partial charge in [0.1, 0.15) is 0 Å². The van der Waals surface area contributed by atoms with Gasteiger partial charge in [-0.05, 0) is 23.6 Å². The van der Waals surface area contributed by atoms with Crippen molar-refractivity contribution in [3.8, 4) is 0 Å². The Bertz CT molecular complexity index is 673. The van der Waals surface area contributed by atoms with E-state index in [9.17, 15) is 9.59 Å². The molecule has 0 saturated heterocycles. The van der Waals surface area contributed by atoms with Crippen LogP contribution in [-0.2, 0) is 14.3 Å². The molecule has 2 rings (SSSR count). The zero-order valence-corrected chi connectivity index (χ0v) is 13.5. The van der Waals surface area contributed by atoms with Gasteiger partial charge >= 0.3 is 5.97 Å². The van der Waals surface area contributed by atoms with Crippen LogP contribution in [0, 0.1) is 0 Å². The van der Waals surface area contributed by atoms with Gasteiger partial charge in [0.15, 0.2) is 6.61 Å². The molecule has 0 fully saturated rings. The zero-order valence-electron chi connectivity index (χ0n) is 12.8. The maximum absolute atomic E-state index is 11.8. The summed E-state index contributed by atoms with van der Waals surface area (Å²) in [7, 11) is 0. The Morgan fingerprint density at radius 3 is 2.43 bits per heavy atom. The van der Waals surface area contributed by atoms with Crippen LogP contribution in [0.2, 0.25) is 5.02 Å². The fourth-order valence-electron chi connectivity index (χ4n) is 2.10. The first-order valence-corrected chi connectivity index (χ1v) is 7.69. The van der Waals surface area contributed by atoms with Crippen LogP contribution in [-0.4, -0.2) is 18.5 Å². The van der Waals surface area contributed by atoms with Crippen molar-refractivity contribution in [2.75, 3.05) is 11.9 Å². The molecule has 2 aromatic rings. The Morgan fingerprint density at radius 2 is 1.74 bits per heavy atom. The fraction of sp³-hybridized carbons (Fsp3) is 0.222. The van der Waals surface area contributed by atoms with Crippen LogP contribution >= 0.6 is 11.6 Å². The lowest BCUT2D eigenvalue weighted by atomic mass is 9.98. The third-order valence-corrected chi connectivity index (χ3v) is 3.68. The highest BCUT2D eigenvalue weighted by atomic mass is 35.5. The van der Waals surface area contributed by atoms with Crippen LogP contribution in [0.15, 0.2) is 54.6 Å². The van der Waals surface area contributed by atoms with Gasteiger partial charge in [-0.15, -0.1) is 0 Å². The average molecular weight is 332 g/mol. The first-order valence-electron chi connectivity index (χ1n) is 7.31. The van der Waals surface area contributed by atoms with Gasteiger partial charge in [-0.3, -0.25) is 9.59 Å². The number of hydrogen-bond acceptors (Lipinski definition) is 3. The minimum atomic E-state index is -0.418. The third kappa shape index (κ3) is 5.42. The molecular formula is C18H18ClNO3.